The first-order valence-electron chi connectivity index (χ1n) is 6.47. The van der Waals surface area contributed by atoms with E-state index in [0.29, 0.717) is 6.54 Å². The minimum Gasteiger partial charge on any atom is -0.330 e. The van der Waals surface area contributed by atoms with Crippen LogP contribution in [-0.4, -0.2) is 17.4 Å². The van der Waals surface area contributed by atoms with E-state index < -0.39 is 0 Å². The Labute approximate surface area is 113 Å². The summed E-state index contributed by atoms with van der Waals surface area (Å²) in [6.45, 7) is 4.37. The molecule has 0 spiro atoms. The molecule has 3 N–H and O–H groups in total. The first-order chi connectivity index (χ1) is 9.13. The molecule has 2 rings (SSSR count). The molecule has 0 aliphatic carbocycles. The SMILES string of the molecule is CC(C)C(CN)C(=O)Nc1cccc2cnccc12. The lowest BCUT2D eigenvalue weighted by Gasteiger charge is -2.18. The molecule has 0 bridgehead atoms. The van der Waals surface area contributed by atoms with Crippen molar-refractivity contribution in [2.45, 2.75) is 13.8 Å². The maximum absolute atomic E-state index is 12.2. The zero-order valence-electron chi connectivity index (χ0n) is 11.3. The van der Waals surface area contributed by atoms with E-state index in [0.717, 1.165) is 16.5 Å². The van der Waals surface area contributed by atoms with Crippen LogP contribution in [0.25, 0.3) is 10.8 Å². The van der Waals surface area contributed by atoms with E-state index in [9.17, 15) is 4.79 Å². The van der Waals surface area contributed by atoms with Crippen LogP contribution in [0.4, 0.5) is 5.69 Å². The third-order valence-electron chi connectivity index (χ3n) is 3.33. The van der Waals surface area contributed by atoms with Gasteiger partial charge in [0.25, 0.3) is 0 Å². The number of amides is 1. The average Bonchev–Trinajstić information content (AvgIpc) is 2.39. The van der Waals surface area contributed by atoms with Gasteiger partial charge in [-0.3, -0.25) is 9.78 Å². The number of carbonyl (C=O) groups excluding carboxylic acids is 1. The highest BCUT2D eigenvalue weighted by Gasteiger charge is 2.20. The molecule has 1 aromatic heterocycles. The minimum atomic E-state index is -0.169. The van der Waals surface area contributed by atoms with Crippen molar-refractivity contribution in [3.63, 3.8) is 0 Å². The fourth-order valence-corrected chi connectivity index (χ4v) is 2.14. The van der Waals surface area contributed by atoms with Gasteiger partial charge in [-0.25, -0.2) is 0 Å². The average molecular weight is 257 g/mol. The number of pyridine rings is 1. The molecule has 1 aromatic carbocycles. The Morgan fingerprint density at radius 2 is 2.16 bits per heavy atom. The van der Waals surface area contributed by atoms with Gasteiger partial charge in [-0.15, -0.1) is 0 Å². The molecular formula is C15H19N3O. The molecular weight excluding hydrogens is 238 g/mol. The summed E-state index contributed by atoms with van der Waals surface area (Å²) in [7, 11) is 0. The third-order valence-corrected chi connectivity index (χ3v) is 3.33. The predicted octanol–water partition coefficient (Wildman–Crippen LogP) is 2.40. The largest absolute Gasteiger partial charge is 0.330 e. The molecule has 4 nitrogen and oxygen atoms in total. The van der Waals surface area contributed by atoms with Crippen LogP contribution >= 0.6 is 0 Å². The van der Waals surface area contributed by atoms with Gasteiger partial charge in [0.15, 0.2) is 0 Å². The number of benzene rings is 1. The Hall–Kier alpha value is -1.94. The first-order valence-corrected chi connectivity index (χ1v) is 6.47. The quantitative estimate of drug-likeness (QED) is 0.883. The van der Waals surface area contributed by atoms with Crippen molar-refractivity contribution in [3.05, 3.63) is 36.7 Å². The van der Waals surface area contributed by atoms with Crippen LogP contribution in [-0.2, 0) is 4.79 Å². The highest BCUT2D eigenvalue weighted by molar-refractivity contribution is 6.02. The summed E-state index contributed by atoms with van der Waals surface area (Å²) < 4.78 is 0. The molecule has 0 aliphatic rings. The van der Waals surface area contributed by atoms with Crippen LogP contribution in [0.15, 0.2) is 36.7 Å². The van der Waals surface area contributed by atoms with Gasteiger partial charge in [0, 0.05) is 35.4 Å². The lowest BCUT2D eigenvalue weighted by atomic mass is 9.95. The topological polar surface area (TPSA) is 68.0 Å². The summed E-state index contributed by atoms with van der Waals surface area (Å²) in [5.74, 6) is 0.0283. The van der Waals surface area contributed by atoms with Gasteiger partial charge < -0.3 is 11.1 Å². The van der Waals surface area contributed by atoms with Crippen LogP contribution in [0.2, 0.25) is 0 Å². The number of nitrogens with two attached hydrogens (primary N) is 1. The summed E-state index contributed by atoms with van der Waals surface area (Å²) in [6, 6.07) is 7.68. The Bertz CT molecular complexity index is 575. The maximum atomic E-state index is 12.2. The minimum absolute atomic E-state index is 0.0261. The van der Waals surface area contributed by atoms with Gasteiger partial charge in [-0.05, 0) is 18.1 Å². The van der Waals surface area contributed by atoms with Gasteiger partial charge in [-0.2, -0.15) is 0 Å². The number of rotatable bonds is 4. The van der Waals surface area contributed by atoms with Crippen LogP contribution < -0.4 is 11.1 Å². The lowest BCUT2D eigenvalue weighted by molar-refractivity contribution is -0.120. The standard InChI is InChI=1S/C15H19N3O/c1-10(2)13(8-16)15(19)18-14-5-3-4-11-9-17-7-6-12(11)14/h3-7,9-10,13H,8,16H2,1-2H3,(H,18,19). The number of nitrogens with zero attached hydrogens (tertiary/aromatic N) is 1. The third kappa shape index (κ3) is 2.90. The van der Waals surface area contributed by atoms with E-state index in [4.69, 9.17) is 5.73 Å². The molecule has 0 saturated heterocycles. The van der Waals surface area contributed by atoms with Gasteiger partial charge in [0.2, 0.25) is 5.91 Å². The number of fused-ring (bicyclic) bond motifs is 1. The summed E-state index contributed by atoms with van der Waals surface area (Å²) in [5.41, 5.74) is 6.48. The van der Waals surface area contributed by atoms with Gasteiger partial charge in [0.1, 0.15) is 0 Å². The predicted molar refractivity (Wildman–Crippen MR) is 77.8 cm³/mol. The molecule has 0 saturated carbocycles. The second kappa shape index (κ2) is 5.80. The number of carbonyl (C=O) groups is 1. The number of aromatic nitrogens is 1. The molecule has 4 heteroatoms. The van der Waals surface area contributed by atoms with Gasteiger partial charge >= 0.3 is 0 Å². The fourth-order valence-electron chi connectivity index (χ4n) is 2.14. The number of hydrogen-bond donors (Lipinski definition) is 2. The second-order valence-corrected chi connectivity index (χ2v) is 4.98. The van der Waals surface area contributed by atoms with E-state index in [1.54, 1.807) is 12.4 Å². The van der Waals surface area contributed by atoms with E-state index in [1.807, 2.05) is 38.1 Å². The molecule has 1 amide bonds. The zero-order valence-corrected chi connectivity index (χ0v) is 11.3. The van der Waals surface area contributed by atoms with Crippen LogP contribution in [0.3, 0.4) is 0 Å². The number of hydrogen-bond acceptors (Lipinski definition) is 3. The summed E-state index contributed by atoms with van der Waals surface area (Å²) >= 11 is 0. The fraction of sp³-hybridized carbons (Fsp3) is 0.333. The van der Waals surface area contributed by atoms with Crippen LogP contribution in [0, 0.1) is 11.8 Å². The first kappa shape index (κ1) is 13.5. The van der Waals surface area contributed by atoms with Gasteiger partial charge in [0.05, 0.1) is 5.92 Å². The molecule has 100 valence electrons. The molecule has 2 aromatic rings. The second-order valence-electron chi connectivity index (χ2n) is 4.98. The van der Waals surface area contributed by atoms with Crippen molar-refractivity contribution >= 4 is 22.4 Å². The van der Waals surface area contributed by atoms with Crippen molar-refractivity contribution < 1.29 is 4.79 Å². The monoisotopic (exact) mass is 257 g/mol. The molecule has 0 radical (unpaired) electrons. The Morgan fingerprint density at radius 1 is 1.37 bits per heavy atom. The van der Waals surface area contributed by atoms with Crippen molar-refractivity contribution in [2.75, 3.05) is 11.9 Å². The smallest absolute Gasteiger partial charge is 0.229 e. The molecule has 0 aliphatic heterocycles. The number of anilines is 1. The van der Waals surface area contributed by atoms with Crippen molar-refractivity contribution in [1.82, 2.24) is 4.98 Å². The summed E-state index contributed by atoms with van der Waals surface area (Å²) in [5, 5.41) is 4.97. The number of nitrogens with one attached hydrogen (secondary N) is 1. The molecule has 1 atom stereocenters. The normalized spacial score (nSPS) is 12.6. The highest BCUT2D eigenvalue weighted by atomic mass is 16.1. The molecule has 1 unspecified atom stereocenters. The highest BCUT2D eigenvalue weighted by Crippen LogP contribution is 2.23. The molecule has 1 heterocycles. The van der Waals surface area contributed by atoms with E-state index in [-0.39, 0.29) is 17.7 Å². The van der Waals surface area contributed by atoms with Crippen LogP contribution in [0.1, 0.15) is 13.8 Å². The zero-order chi connectivity index (χ0) is 13.8. The van der Waals surface area contributed by atoms with Crippen molar-refractivity contribution in [1.29, 1.82) is 0 Å². The summed E-state index contributed by atoms with van der Waals surface area (Å²) in [4.78, 5) is 16.3. The van der Waals surface area contributed by atoms with Crippen molar-refractivity contribution in [3.8, 4) is 0 Å². The molecule has 19 heavy (non-hydrogen) atoms. The Kier molecular flexibility index (Phi) is 4.12. The summed E-state index contributed by atoms with van der Waals surface area (Å²) in [6.07, 6.45) is 3.51. The van der Waals surface area contributed by atoms with E-state index >= 15 is 0 Å². The van der Waals surface area contributed by atoms with Gasteiger partial charge in [-0.1, -0.05) is 26.0 Å². The van der Waals surface area contributed by atoms with E-state index in [1.165, 1.54) is 0 Å². The Balaban J connectivity index is 2.29. The van der Waals surface area contributed by atoms with Crippen molar-refractivity contribution in [2.24, 2.45) is 17.6 Å². The van der Waals surface area contributed by atoms with E-state index in [2.05, 4.69) is 10.3 Å². The lowest BCUT2D eigenvalue weighted by Crippen LogP contribution is -2.33. The maximum Gasteiger partial charge on any atom is 0.229 e. The van der Waals surface area contributed by atoms with Crippen LogP contribution in [0.5, 0.6) is 0 Å². The Morgan fingerprint density at radius 3 is 2.84 bits per heavy atom. The molecule has 0 fully saturated rings.